The lowest BCUT2D eigenvalue weighted by Crippen LogP contribution is -2.21. The molecular weight excluding hydrogens is 296 g/mol. The summed E-state index contributed by atoms with van der Waals surface area (Å²) >= 11 is 0. The molecule has 0 heterocycles. The van der Waals surface area contributed by atoms with Gasteiger partial charge < -0.3 is 9.47 Å². The van der Waals surface area contributed by atoms with Crippen LogP contribution < -0.4 is 10.6 Å². The van der Waals surface area contributed by atoms with Gasteiger partial charge in [0.05, 0.1) is 0 Å². The van der Waals surface area contributed by atoms with E-state index < -0.39 is 12.2 Å². The van der Waals surface area contributed by atoms with Crippen LogP contribution in [0, 0.1) is 6.92 Å². The summed E-state index contributed by atoms with van der Waals surface area (Å²) in [7, 11) is 0. The van der Waals surface area contributed by atoms with E-state index >= 15 is 0 Å². The van der Waals surface area contributed by atoms with Crippen molar-refractivity contribution in [2.45, 2.75) is 59.7 Å². The molecule has 6 heteroatoms. The number of amides is 2. The highest BCUT2D eigenvalue weighted by molar-refractivity contribution is 5.89. The predicted octanol–water partition coefficient (Wildman–Crippen LogP) is 4.69. The molecule has 0 aliphatic heterocycles. The molecule has 0 radical (unpaired) electrons. The first-order valence-corrected chi connectivity index (χ1v) is 7.91. The second kappa shape index (κ2) is 9.02. The molecule has 0 saturated carbocycles. The molecule has 0 aliphatic rings. The number of anilines is 2. The number of carbonyl (C=O) groups is 2. The number of rotatable bonds is 6. The van der Waals surface area contributed by atoms with Crippen LogP contribution in [0.4, 0.5) is 21.0 Å². The van der Waals surface area contributed by atoms with Crippen molar-refractivity contribution in [3.8, 4) is 0 Å². The highest BCUT2D eigenvalue weighted by Crippen LogP contribution is 2.21. The molecule has 1 rings (SSSR count). The third-order valence-corrected chi connectivity index (χ3v) is 3.49. The van der Waals surface area contributed by atoms with Gasteiger partial charge in [0.25, 0.3) is 0 Å². The van der Waals surface area contributed by atoms with Gasteiger partial charge in [0.2, 0.25) is 0 Å². The van der Waals surface area contributed by atoms with Crippen molar-refractivity contribution in [3.05, 3.63) is 23.8 Å². The van der Waals surface area contributed by atoms with Gasteiger partial charge in [-0.15, -0.1) is 0 Å². The summed E-state index contributed by atoms with van der Waals surface area (Å²) in [5, 5.41) is 5.33. The molecule has 0 fully saturated rings. The lowest BCUT2D eigenvalue weighted by atomic mass is 10.2. The topological polar surface area (TPSA) is 76.7 Å². The Morgan fingerprint density at radius 3 is 2.04 bits per heavy atom. The number of carbonyl (C=O) groups excluding carboxylic acids is 2. The van der Waals surface area contributed by atoms with Crippen molar-refractivity contribution < 1.29 is 19.1 Å². The predicted molar refractivity (Wildman–Crippen MR) is 90.9 cm³/mol. The molecular formula is C17H26N2O4. The summed E-state index contributed by atoms with van der Waals surface area (Å²) in [5.41, 5.74) is 1.99. The van der Waals surface area contributed by atoms with Crippen molar-refractivity contribution in [2.75, 3.05) is 10.6 Å². The quantitative estimate of drug-likeness (QED) is 0.796. The summed E-state index contributed by atoms with van der Waals surface area (Å²) in [6.45, 7) is 9.40. The van der Waals surface area contributed by atoms with Gasteiger partial charge in [-0.2, -0.15) is 0 Å². The molecule has 0 aliphatic carbocycles. The molecule has 2 N–H and O–H groups in total. The normalized spacial score (nSPS) is 12.9. The second-order valence-corrected chi connectivity index (χ2v) is 5.53. The summed E-state index contributed by atoms with van der Waals surface area (Å²) in [4.78, 5) is 23.5. The zero-order valence-corrected chi connectivity index (χ0v) is 14.4. The van der Waals surface area contributed by atoms with Gasteiger partial charge in [-0.3, -0.25) is 10.6 Å². The number of hydrogen-bond donors (Lipinski definition) is 2. The standard InChI is InChI=1S/C17H26N2O4/c1-6-12(4)22-16(20)18-14-9-8-11(3)15(10-14)19-17(21)23-13(5)7-2/h8-10,12-13H,6-7H2,1-5H3,(H,18,20)(H,19,21)/t12-,13-/m1/s1. The van der Waals surface area contributed by atoms with E-state index in [4.69, 9.17) is 9.47 Å². The second-order valence-electron chi connectivity index (χ2n) is 5.53. The van der Waals surface area contributed by atoms with Crippen LogP contribution in [0.3, 0.4) is 0 Å². The Morgan fingerprint density at radius 2 is 1.52 bits per heavy atom. The minimum absolute atomic E-state index is 0.149. The molecule has 0 spiro atoms. The Balaban J connectivity index is 2.71. The number of benzene rings is 1. The first-order valence-electron chi connectivity index (χ1n) is 7.91. The van der Waals surface area contributed by atoms with E-state index in [2.05, 4.69) is 10.6 Å². The monoisotopic (exact) mass is 322 g/mol. The number of hydrogen-bond acceptors (Lipinski definition) is 4. The largest absolute Gasteiger partial charge is 0.446 e. The third kappa shape index (κ3) is 6.59. The maximum Gasteiger partial charge on any atom is 0.411 e. The number of nitrogens with one attached hydrogen (secondary N) is 2. The van der Waals surface area contributed by atoms with E-state index in [9.17, 15) is 9.59 Å². The fourth-order valence-electron chi connectivity index (χ4n) is 1.65. The van der Waals surface area contributed by atoms with Crippen molar-refractivity contribution in [1.82, 2.24) is 0 Å². The van der Waals surface area contributed by atoms with E-state index in [-0.39, 0.29) is 12.2 Å². The summed E-state index contributed by atoms with van der Waals surface area (Å²) in [5.74, 6) is 0. The Kier molecular flexibility index (Phi) is 7.38. The maximum atomic E-state index is 11.8. The van der Waals surface area contributed by atoms with Gasteiger partial charge in [-0.05, 0) is 51.3 Å². The molecule has 6 nitrogen and oxygen atoms in total. The molecule has 2 amide bonds. The Hall–Kier alpha value is -2.24. The highest BCUT2D eigenvalue weighted by atomic mass is 16.6. The van der Waals surface area contributed by atoms with Crippen molar-refractivity contribution >= 4 is 23.6 Å². The Labute approximate surface area is 137 Å². The first kappa shape index (κ1) is 18.8. The van der Waals surface area contributed by atoms with Crippen molar-refractivity contribution in [1.29, 1.82) is 0 Å². The van der Waals surface area contributed by atoms with E-state index in [1.54, 1.807) is 18.2 Å². The molecule has 0 bridgehead atoms. The maximum absolute atomic E-state index is 11.8. The lowest BCUT2D eigenvalue weighted by Gasteiger charge is -2.15. The van der Waals surface area contributed by atoms with Crippen molar-refractivity contribution in [2.24, 2.45) is 0 Å². The van der Waals surface area contributed by atoms with Crippen LogP contribution in [0.5, 0.6) is 0 Å². The third-order valence-electron chi connectivity index (χ3n) is 3.49. The zero-order valence-electron chi connectivity index (χ0n) is 14.4. The number of ether oxygens (including phenoxy) is 2. The van der Waals surface area contributed by atoms with Crippen LogP contribution in [0.2, 0.25) is 0 Å². The lowest BCUT2D eigenvalue weighted by molar-refractivity contribution is 0.117. The van der Waals surface area contributed by atoms with Crippen LogP contribution in [0.25, 0.3) is 0 Å². The summed E-state index contributed by atoms with van der Waals surface area (Å²) in [6.07, 6.45) is 0.161. The molecule has 1 aromatic rings. The smallest absolute Gasteiger partial charge is 0.411 e. The average molecular weight is 322 g/mol. The minimum atomic E-state index is -0.517. The summed E-state index contributed by atoms with van der Waals surface area (Å²) < 4.78 is 10.3. The highest BCUT2D eigenvalue weighted by Gasteiger charge is 2.12. The van der Waals surface area contributed by atoms with Crippen LogP contribution in [-0.4, -0.2) is 24.4 Å². The van der Waals surface area contributed by atoms with Gasteiger partial charge in [0, 0.05) is 11.4 Å². The zero-order chi connectivity index (χ0) is 17.4. The first-order chi connectivity index (χ1) is 10.8. The van der Waals surface area contributed by atoms with Gasteiger partial charge in [-0.1, -0.05) is 19.9 Å². The minimum Gasteiger partial charge on any atom is -0.446 e. The molecule has 128 valence electrons. The van der Waals surface area contributed by atoms with Crippen LogP contribution in [-0.2, 0) is 9.47 Å². The molecule has 1 aromatic carbocycles. The SMILES string of the molecule is CC[C@@H](C)OC(=O)Nc1ccc(C)c(NC(=O)O[C@H](C)CC)c1. The van der Waals surface area contributed by atoms with Crippen molar-refractivity contribution in [3.63, 3.8) is 0 Å². The molecule has 23 heavy (non-hydrogen) atoms. The molecule has 0 aromatic heterocycles. The van der Waals surface area contributed by atoms with E-state index in [1.807, 2.05) is 34.6 Å². The van der Waals surface area contributed by atoms with Crippen LogP contribution >= 0.6 is 0 Å². The van der Waals surface area contributed by atoms with Gasteiger partial charge in [0.15, 0.2) is 0 Å². The van der Waals surface area contributed by atoms with E-state index in [0.717, 1.165) is 18.4 Å². The van der Waals surface area contributed by atoms with Gasteiger partial charge >= 0.3 is 12.2 Å². The fraction of sp³-hybridized carbons (Fsp3) is 0.529. The molecule has 0 saturated heterocycles. The molecule has 0 unspecified atom stereocenters. The average Bonchev–Trinajstić information content (AvgIpc) is 2.50. The van der Waals surface area contributed by atoms with Crippen LogP contribution in [0.1, 0.15) is 46.1 Å². The van der Waals surface area contributed by atoms with E-state index in [1.165, 1.54) is 0 Å². The molecule has 2 atom stereocenters. The van der Waals surface area contributed by atoms with E-state index in [0.29, 0.717) is 11.4 Å². The van der Waals surface area contributed by atoms with Gasteiger partial charge in [0.1, 0.15) is 12.2 Å². The Bertz CT molecular complexity index is 545. The Morgan fingerprint density at radius 1 is 1.00 bits per heavy atom. The van der Waals surface area contributed by atoms with Crippen LogP contribution in [0.15, 0.2) is 18.2 Å². The fourth-order valence-corrected chi connectivity index (χ4v) is 1.65. The summed E-state index contributed by atoms with van der Waals surface area (Å²) in [6, 6.07) is 5.22. The van der Waals surface area contributed by atoms with Gasteiger partial charge in [-0.25, -0.2) is 9.59 Å². The number of aryl methyl sites for hydroxylation is 1.